The van der Waals surface area contributed by atoms with Gasteiger partial charge in [-0.3, -0.25) is 9.89 Å². The van der Waals surface area contributed by atoms with Gasteiger partial charge in [-0.2, -0.15) is 0 Å². The summed E-state index contributed by atoms with van der Waals surface area (Å²) in [6, 6.07) is 0.970. The van der Waals surface area contributed by atoms with Gasteiger partial charge in [-0.1, -0.05) is 0 Å². The molecule has 0 aliphatic carbocycles. The Morgan fingerprint density at radius 2 is 2.33 bits per heavy atom. The van der Waals surface area contributed by atoms with Crippen LogP contribution in [0.5, 0.6) is 0 Å². The molecule has 0 saturated heterocycles. The fraction of sp³-hybridized carbons (Fsp3) is 0.125. The van der Waals surface area contributed by atoms with E-state index in [1.165, 1.54) is 4.52 Å². The molecule has 0 spiro atoms. The van der Waals surface area contributed by atoms with E-state index in [1.807, 2.05) is 0 Å². The van der Waals surface area contributed by atoms with Crippen molar-refractivity contribution in [2.75, 3.05) is 0 Å². The zero-order chi connectivity index (χ0) is 11.2. The van der Waals surface area contributed by atoms with Crippen LogP contribution in [0.3, 0.4) is 0 Å². The van der Waals surface area contributed by atoms with Crippen LogP contribution in [0, 0.1) is 6.92 Å². The number of carbonyl (C=O) groups is 1. The first-order chi connectivity index (χ1) is 7.00. The molecule has 0 aliphatic rings. The first-order valence-electron chi connectivity index (χ1n) is 4.02. The van der Waals surface area contributed by atoms with Gasteiger partial charge in [-0.15, -0.1) is 0 Å². The van der Waals surface area contributed by atoms with Gasteiger partial charge in [0.1, 0.15) is 0 Å². The molecule has 0 amide bonds. The van der Waals surface area contributed by atoms with E-state index in [0.29, 0.717) is 10.2 Å². The predicted octanol–water partition coefficient (Wildman–Crippen LogP) is 0.792. The molecule has 15 heavy (non-hydrogen) atoms. The van der Waals surface area contributed by atoms with Crippen LogP contribution in [0.25, 0.3) is 5.65 Å². The van der Waals surface area contributed by atoms with Crippen molar-refractivity contribution in [3.8, 4) is 0 Å². The third kappa shape index (κ3) is 1.44. The van der Waals surface area contributed by atoms with Crippen molar-refractivity contribution in [2.45, 2.75) is 6.92 Å². The topological polar surface area (TPSA) is 87.5 Å². The number of hydrogen-bond acceptors (Lipinski definition) is 3. The molecule has 2 N–H and O–H groups in total. The molecule has 0 aromatic carbocycles. The van der Waals surface area contributed by atoms with Gasteiger partial charge in [-0.05, 0) is 22.9 Å². The van der Waals surface area contributed by atoms with Gasteiger partial charge in [0.2, 0.25) is 0 Å². The molecule has 0 atom stereocenters. The lowest BCUT2D eigenvalue weighted by Crippen LogP contribution is -2.17. The Morgan fingerprint density at radius 3 is 2.93 bits per heavy atom. The summed E-state index contributed by atoms with van der Waals surface area (Å²) < 4.78 is 1.77. The van der Waals surface area contributed by atoms with Gasteiger partial charge in [-0.25, -0.2) is 14.3 Å². The number of hydrogen-bond donors (Lipinski definition) is 2. The number of aromatic carboxylic acids is 1. The van der Waals surface area contributed by atoms with E-state index in [0.717, 1.165) is 6.07 Å². The molecule has 0 saturated carbocycles. The second-order valence-corrected chi connectivity index (χ2v) is 3.79. The van der Waals surface area contributed by atoms with Crippen molar-refractivity contribution in [1.82, 2.24) is 14.6 Å². The quantitative estimate of drug-likeness (QED) is 0.803. The fourth-order valence-electron chi connectivity index (χ4n) is 1.23. The maximum absolute atomic E-state index is 11.5. The molecule has 2 aromatic heterocycles. The van der Waals surface area contributed by atoms with Crippen LogP contribution in [0.15, 0.2) is 15.3 Å². The number of aryl methyl sites for hydroxylation is 1. The molecular formula is C8H6BrN3O3. The van der Waals surface area contributed by atoms with Crippen molar-refractivity contribution in [1.29, 1.82) is 0 Å². The molecule has 78 valence electrons. The molecule has 7 heteroatoms. The zero-order valence-electron chi connectivity index (χ0n) is 7.61. The highest BCUT2D eigenvalue weighted by Gasteiger charge is 2.13. The van der Waals surface area contributed by atoms with Gasteiger partial charge in [0.15, 0.2) is 11.3 Å². The highest BCUT2D eigenvalue weighted by molar-refractivity contribution is 9.10. The van der Waals surface area contributed by atoms with Gasteiger partial charge in [0.25, 0.3) is 5.56 Å². The first kappa shape index (κ1) is 9.91. The van der Waals surface area contributed by atoms with Crippen molar-refractivity contribution < 1.29 is 9.90 Å². The van der Waals surface area contributed by atoms with Crippen LogP contribution in [-0.4, -0.2) is 25.7 Å². The summed E-state index contributed by atoms with van der Waals surface area (Å²) in [5.41, 5.74) is 0.269. The summed E-state index contributed by atoms with van der Waals surface area (Å²) in [5, 5.41) is 11.5. The summed E-state index contributed by atoms with van der Waals surface area (Å²) in [6.07, 6.45) is 0. The molecule has 0 aliphatic heterocycles. The van der Waals surface area contributed by atoms with E-state index in [2.05, 4.69) is 26.0 Å². The molecule has 0 radical (unpaired) electrons. The number of rotatable bonds is 1. The number of nitrogens with zero attached hydrogens (tertiary/aromatic N) is 2. The number of fused-ring (bicyclic) bond motifs is 1. The lowest BCUT2D eigenvalue weighted by atomic mass is 10.4. The summed E-state index contributed by atoms with van der Waals surface area (Å²) >= 11 is 3.22. The highest BCUT2D eigenvalue weighted by atomic mass is 79.9. The number of aromatic nitrogens is 3. The Hall–Kier alpha value is -1.63. The molecule has 2 rings (SSSR count). The van der Waals surface area contributed by atoms with Gasteiger partial charge in [0.05, 0.1) is 4.47 Å². The third-order valence-electron chi connectivity index (χ3n) is 1.94. The van der Waals surface area contributed by atoms with Gasteiger partial charge >= 0.3 is 5.97 Å². The monoisotopic (exact) mass is 271 g/mol. The van der Waals surface area contributed by atoms with Crippen LogP contribution < -0.4 is 5.56 Å². The van der Waals surface area contributed by atoms with Crippen LogP contribution in [0.4, 0.5) is 0 Å². The average molecular weight is 272 g/mol. The second-order valence-electron chi connectivity index (χ2n) is 2.99. The van der Waals surface area contributed by atoms with E-state index >= 15 is 0 Å². The Bertz CT molecular complexity index is 613. The Balaban J connectivity index is 2.92. The largest absolute Gasteiger partial charge is 0.477 e. The molecule has 0 bridgehead atoms. The van der Waals surface area contributed by atoms with E-state index in [1.54, 1.807) is 6.92 Å². The predicted molar refractivity (Wildman–Crippen MR) is 55.2 cm³/mol. The Morgan fingerprint density at radius 1 is 1.67 bits per heavy atom. The smallest absolute Gasteiger partial charge is 0.354 e. The van der Waals surface area contributed by atoms with E-state index in [-0.39, 0.29) is 11.3 Å². The minimum atomic E-state index is -1.22. The van der Waals surface area contributed by atoms with Crippen molar-refractivity contribution in [3.63, 3.8) is 0 Å². The minimum absolute atomic E-state index is 0.264. The van der Waals surface area contributed by atoms with Crippen molar-refractivity contribution >= 4 is 27.5 Å². The fourth-order valence-corrected chi connectivity index (χ4v) is 1.59. The molecule has 2 heterocycles. The van der Waals surface area contributed by atoms with Crippen LogP contribution >= 0.6 is 15.9 Å². The van der Waals surface area contributed by atoms with Crippen molar-refractivity contribution in [2.24, 2.45) is 0 Å². The number of aromatic amines is 1. The number of carboxylic acids is 1. The van der Waals surface area contributed by atoms with E-state index < -0.39 is 11.5 Å². The summed E-state index contributed by atoms with van der Waals surface area (Å²) in [4.78, 5) is 26.0. The highest BCUT2D eigenvalue weighted by Crippen LogP contribution is 2.18. The normalized spacial score (nSPS) is 10.8. The lowest BCUT2D eigenvalue weighted by Gasteiger charge is -1.94. The summed E-state index contributed by atoms with van der Waals surface area (Å²) in [5.74, 6) is -1.22. The van der Waals surface area contributed by atoms with Crippen LogP contribution in [0.2, 0.25) is 0 Å². The van der Waals surface area contributed by atoms with Crippen molar-refractivity contribution in [3.05, 3.63) is 32.3 Å². The number of nitrogens with one attached hydrogen (secondary N) is 1. The number of halogens is 1. The van der Waals surface area contributed by atoms with E-state index in [9.17, 15) is 9.59 Å². The molecule has 2 aromatic rings. The number of carboxylic acid groups (broad SMARTS) is 1. The minimum Gasteiger partial charge on any atom is -0.477 e. The maximum Gasteiger partial charge on any atom is 0.354 e. The Labute approximate surface area is 91.7 Å². The second kappa shape index (κ2) is 3.20. The first-order valence-corrected chi connectivity index (χ1v) is 4.81. The molecular weight excluding hydrogens is 266 g/mol. The number of H-pyrrole nitrogens is 1. The third-order valence-corrected chi connectivity index (χ3v) is 2.89. The lowest BCUT2D eigenvalue weighted by molar-refractivity contribution is 0.0690. The standard InChI is InChI=1S/C8H6BrN3O3/c1-3-6(9)7-10-4(8(14)15)2-5(13)12(7)11-3/h2,11H,1H3,(H,14,15). The van der Waals surface area contributed by atoms with Crippen LogP contribution in [0.1, 0.15) is 16.2 Å². The van der Waals surface area contributed by atoms with Gasteiger partial charge in [0, 0.05) is 11.8 Å². The van der Waals surface area contributed by atoms with Crippen LogP contribution in [-0.2, 0) is 0 Å². The molecule has 6 nitrogen and oxygen atoms in total. The SMILES string of the molecule is Cc1[nH]n2c(=O)cc(C(=O)O)nc2c1Br. The Kier molecular flexibility index (Phi) is 2.11. The zero-order valence-corrected chi connectivity index (χ0v) is 9.20. The molecule has 0 unspecified atom stereocenters. The maximum atomic E-state index is 11.5. The molecule has 0 fully saturated rings. The summed E-state index contributed by atoms with van der Waals surface area (Å²) in [6.45, 7) is 1.75. The van der Waals surface area contributed by atoms with Gasteiger partial charge < -0.3 is 5.11 Å². The summed E-state index contributed by atoms with van der Waals surface area (Å²) in [7, 11) is 0. The average Bonchev–Trinajstić information content (AvgIpc) is 2.45. The van der Waals surface area contributed by atoms with E-state index in [4.69, 9.17) is 5.11 Å².